The van der Waals surface area contributed by atoms with E-state index in [1.54, 1.807) is 19.1 Å². The molecule has 0 radical (unpaired) electrons. The molecule has 2 bridgehead atoms. The maximum absolute atomic E-state index is 18.1. The van der Waals surface area contributed by atoms with Gasteiger partial charge in [-0.2, -0.15) is 19.9 Å². The molecule has 10 heterocycles. The lowest BCUT2D eigenvalue weighted by Crippen LogP contribution is -2.55. The minimum Gasteiger partial charge on any atom is -0.508 e. The number of pyridine rings is 2. The van der Waals surface area contributed by atoms with Crippen molar-refractivity contribution < 1.29 is 51.1 Å². The van der Waals surface area contributed by atoms with Crippen molar-refractivity contribution in [3.8, 4) is 46.0 Å². The SMILES string of the molecule is CCc1c(F)ccc2cc(O)cc(-c3ncc4c(N5CC6CCC(C6)C5)nc(OC[C@@]56CCC(c7cc(F)c(CC)c8c(-c9ncc%10c(N%11CCCC%12(CCC%12O)C%11)nc(OC[C@@]%11%12CCCN%11C[C@H](F)C%12)nc%10c9F)cc(O)cc78)N5C[C@H](F)C6)nc4c3F)c12. The summed E-state index contributed by atoms with van der Waals surface area (Å²) in [5, 5.41) is 36.2. The van der Waals surface area contributed by atoms with Crippen molar-refractivity contribution in [1.29, 1.82) is 0 Å². The molecule has 8 aromatic rings. The van der Waals surface area contributed by atoms with Crippen molar-refractivity contribution >= 4 is 55.0 Å². The second-order valence-corrected chi connectivity index (χ2v) is 27.5. The zero-order chi connectivity index (χ0) is 61.7. The predicted octanol–water partition coefficient (Wildman–Crippen LogP) is 12.7. The largest absolute Gasteiger partial charge is 0.508 e. The monoisotopic (exact) mass is 1230 g/mol. The molecule has 0 amide bonds. The van der Waals surface area contributed by atoms with Crippen molar-refractivity contribution in [2.24, 2.45) is 17.3 Å². The summed E-state index contributed by atoms with van der Waals surface area (Å²) in [5.74, 6) is -1.36. The van der Waals surface area contributed by atoms with Crippen LogP contribution < -0.4 is 19.3 Å². The summed E-state index contributed by atoms with van der Waals surface area (Å²) < 4.78 is 113. The fourth-order valence-electron chi connectivity index (χ4n) is 18.0. The Kier molecular flexibility index (Phi) is 13.9. The molecular formula is C69H72F6N10O5. The second kappa shape index (κ2) is 21.6. The summed E-state index contributed by atoms with van der Waals surface area (Å²) in [4.78, 5) is 37.2. The number of ether oxygens (including phenoxy) is 2. The summed E-state index contributed by atoms with van der Waals surface area (Å²) in [6.45, 7) is 7.08. The van der Waals surface area contributed by atoms with Crippen molar-refractivity contribution in [3.05, 3.63) is 94.8 Å². The number of piperidine rings is 2. The van der Waals surface area contributed by atoms with Gasteiger partial charge in [-0.15, -0.1) is 0 Å². The van der Waals surface area contributed by atoms with Crippen LogP contribution in [0.5, 0.6) is 23.5 Å². The van der Waals surface area contributed by atoms with E-state index in [1.165, 1.54) is 42.7 Å². The summed E-state index contributed by atoms with van der Waals surface area (Å²) in [6, 6.07) is 9.33. The molecule has 2 aliphatic carbocycles. The van der Waals surface area contributed by atoms with Gasteiger partial charge < -0.3 is 34.6 Å². The van der Waals surface area contributed by atoms with Gasteiger partial charge in [0.2, 0.25) is 0 Å². The molecule has 3 N–H and O–H groups in total. The second-order valence-electron chi connectivity index (χ2n) is 27.5. The Morgan fingerprint density at radius 3 is 1.90 bits per heavy atom. The number of aryl methyl sites for hydroxylation is 2. The molecule has 9 atom stereocenters. The molecule has 1 spiro atoms. The number of halogens is 6. The molecule has 6 aliphatic heterocycles. The van der Waals surface area contributed by atoms with Crippen LogP contribution in [0.15, 0.2) is 54.9 Å². The first-order valence-corrected chi connectivity index (χ1v) is 32.4. The molecule has 6 saturated heterocycles. The van der Waals surface area contributed by atoms with Crippen LogP contribution in [-0.4, -0.2) is 144 Å². The Morgan fingerprint density at radius 1 is 0.611 bits per heavy atom. The maximum Gasteiger partial charge on any atom is 0.319 e. The zero-order valence-electron chi connectivity index (χ0n) is 50.5. The Labute approximate surface area is 516 Å². The molecular weight excluding hydrogens is 1160 g/mol. The lowest BCUT2D eigenvalue weighted by molar-refractivity contribution is -0.0719. The van der Waals surface area contributed by atoms with Crippen molar-refractivity contribution in [3.63, 3.8) is 0 Å². The van der Waals surface area contributed by atoms with E-state index < -0.39 is 58.8 Å². The first-order valence-electron chi connectivity index (χ1n) is 32.4. The standard InChI is InChI=1S/C69H72F6N10O5/c1-3-43-51(72)10-9-38-20-41(86)22-47(55(38)43)59-57(74)62-50(28-76-59)64(83-29-36-7-8-37(19-36)30-83)81-66(79-62)90-35-69-16-11-53(85(69)32-40(71)26-69)45-24-52(73)44(4-2)56-46(45)21-42(87)23-48(56)60-58(75)61-49(27-77-60)63(82-17-5-13-67(33-82)15-12-54(67)88)80-65(78-61)89-34-68-14-6-18-84(68)31-39(70)25-68/h9-10,20-24,27-28,36-37,39-40,53-54,86-88H,3-8,11-19,25-26,29-35H2,1-2H3/t36?,37?,39-,40-,53?,54?,67?,68+,69+/m1/s1. The van der Waals surface area contributed by atoms with Gasteiger partial charge in [-0.1, -0.05) is 19.9 Å². The minimum absolute atomic E-state index is 0.0293. The summed E-state index contributed by atoms with van der Waals surface area (Å²) in [7, 11) is 0. The molecule has 470 valence electrons. The van der Waals surface area contributed by atoms with Crippen LogP contribution in [0.4, 0.5) is 38.0 Å². The number of aliphatic hydroxyl groups is 1. The van der Waals surface area contributed by atoms with Crippen LogP contribution >= 0.6 is 0 Å². The van der Waals surface area contributed by atoms with Gasteiger partial charge in [-0.25, -0.2) is 26.3 Å². The van der Waals surface area contributed by atoms with Gasteiger partial charge in [0, 0.05) is 87.1 Å². The van der Waals surface area contributed by atoms with Crippen LogP contribution in [0.2, 0.25) is 0 Å². The Hall–Kier alpha value is -7.36. The third-order valence-electron chi connectivity index (χ3n) is 22.3. The average molecular weight is 1240 g/mol. The number of hydrogen-bond acceptors (Lipinski definition) is 15. The molecule has 8 fully saturated rings. The number of nitrogens with zero attached hydrogens (tertiary/aromatic N) is 10. The number of aromatic nitrogens is 6. The Morgan fingerprint density at radius 2 is 1.23 bits per heavy atom. The van der Waals surface area contributed by atoms with Gasteiger partial charge in [0.25, 0.3) is 0 Å². The molecule has 90 heavy (non-hydrogen) atoms. The molecule has 5 unspecified atom stereocenters. The van der Waals surface area contributed by atoms with E-state index in [-0.39, 0.29) is 101 Å². The number of phenols is 2. The highest BCUT2D eigenvalue weighted by Crippen LogP contribution is 2.54. The van der Waals surface area contributed by atoms with Crippen LogP contribution in [-0.2, 0) is 12.8 Å². The van der Waals surface area contributed by atoms with Gasteiger partial charge in [0.05, 0.1) is 28.0 Å². The van der Waals surface area contributed by atoms with Gasteiger partial charge >= 0.3 is 12.0 Å². The molecule has 4 aromatic heterocycles. The summed E-state index contributed by atoms with van der Waals surface area (Å²) in [6.07, 6.45) is 9.95. The van der Waals surface area contributed by atoms with E-state index in [1.807, 2.05) is 11.8 Å². The van der Waals surface area contributed by atoms with Crippen LogP contribution in [0.3, 0.4) is 0 Å². The molecule has 8 aliphatic rings. The van der Waals surface area contributed by atoms with E-state index in [4.69, 9.17) is 34.4 Å². The normalized spacial score (nSPS) is 28.3. The number of alkyl halides is 2. The number of phenolic OH excluding ortho intramolecular Hbond substituents is 2. The van der Waals surface area contributed by atoms with Crippen molar-refractivity contribution in [2.75, 3.05) is 68.8 Å². The van der Waals surface area contributed by atoms with E-state index in [2.05, 4.69) is 19.7 Å². The van der Waals surface area contributed by atoms with E-state index in [0.717, 1.165) is 57.9 Å². The lowest BCUT2D eigenvalue weighted by atomic mass is 9.62. The topological polar surface area (TPSA) is 169 Å². The van der Waals surface area contributed by atoms with Gasteiger partial charge in [0.15, 0.2) is 11.6 Å². The highest BCUT2D eigenvalue weighted by Gasteiger charge is 2.55. The van der Waals surface area contributed by atoms with E-state index in [0.29, 0.717) is 132 Å². The Bertz CT molecular complexity index is 4250. The molecule has 16 rings (SSSR count). The smallest absolute Gasteiger partial charge is 0.319 e. The Balaban J connectivity index is 0.766. The van der Waals surface area contributed by atoms with Crippen LogP contribution in [0.25, 0.3) is 65.9 Å². The van der Waals surface area contributed by atoms with E-state index >= 15 is 22.0 Å². The number of rotatable bonds is 13. The van der Waals surface area contributed by atoms with E-state index in [9.17, 15) is 19.7 Å². The number of benzene rings is 4. The molecule has 2 saturated carbocycles. The third-order valence-corrected chi connectivity index (χ3v) is 22.3. The minimum atomic E-state index is -1.31. The maximum atomic E-state index is 18.1. The molecule has 4 aromatic carbocycles. The van der Waals surface area contributed by atoms with Crippen molar-refractivity contribution in [1.82, 2.24) is 39.7 Å². The molecule has 15 nitrogen and oxygen atoms in total. The van der Waals surface area contributed by atoms with Crippen LogP contribution in [0, 0.1) is 40.5 Å². The number of aromatic hydroxyl groups is 2. The quantitative estimate of drug-likeness (QED) is 0.0932. The number of anilines is 2. The van der Waals surface area contributed by atoms with Crippen molar-refractivity contribution in [2.45, 2.75) is 146 Å². The van der Waals surface area contributed by atoms with Gasteiger partial charge in [-0.05, 0) is 176 Å². The zero-order valence-corrected chi connectivity index (χ0v) is 50.5. The number of hydrogen-bond donors (Lipinski definition) is 3. The first-order chi connectivity index (χ1) is 43.5. The molecule has 21 heteroatoms. The fourth-order valence-corrected chi connectivity index (χ4v) is 18.0. The first kappa shape index (κ1) is 57.8. The highest BCUT2D eigenvalue weighted by molar-refractivity contribution is 6.04. The summed E-state index contributed by atoms with van der Waals surface area (Å²) >= 11 is 0. The lowest BCUT2D eigenvalue weighted by Gasteiger charge is -2.52. The third kappa shape index (κ3) is 9.21. The summed E-state index contributed by atoms with van der Waals surface area (Å²) in [5.41, 5.74) is -0.933. The fraction of sp³-hybridized carbons (Fsp3) is 0.507. The number of aliphatic hydroxyl groups excluding tert-OH is 1. The van der Waals surface area contributed by atoms with Gasteiger partial charge in [0.1, 0.15) is 82.7 Å². The van der Waals surface area contributed by atoms with Gasteiger partial charge in [-0.3, -0.25) is 19.8 Å². The van der Waals surface area contributed by atoms with Crippen LogP contribution in [0.1, 0.15) is 120 Å². The number of fused-ring (bicyclic) bond motifs is 8. The predicted molar refractivity (Wildman–Crippen MR) is 330 cm³/mol. The highest BCUT2D eigenvalue weighted by atomic mass is 19.2. The average Bonchev–Trinajstić information content (AvgIpc) is 1.22.